The zero-order valence-corrected chi connectivity index (χ0v) is 16.4. The predicted octanol–water partition coefficient (Wildman–Crippen LogP) is 4.32. The molecule has 0 bridgehead atoms. The fourth-order valence-electron chi connectivity index (χ4n) is 2.86. The first-order chi connectivity index (χ1) is 12.6. The van der Waals surface area contributed by atoms with Crippen LogP contribution in [-0.2, 0) is 11.2 Å². The van der Waals surface area contributed by atoms with Gasteiger partial charge in [0.05, 0.1) is 25.4 Å². The number of aliphatic hydroxyl groups excluding tert-OH is 2. The topological polar surface area (TPSA) is 58.9 Å². The summed E-state index contributed by atoms with van der Waals surface area (Å²) in [7, 11) is 0. The predicted molar refractivity (Wildman–Crippen MR) is 106 cm³/mol. The van der Waals surface area contributed by atoms with Crippen molar-refractivity contribution in [1.82, 2.24) is 0 Å². The third kappa shape index (κ3) is 12.3. The summed E-state index contributed by atoms with van der Waals surface area (Å²) in [5.74, 6) is 0.839. The first-order valence-corrected chi connectivity index (χ1v) is 10.1. The molecule has 0 aliphatic rings. The molecule has 4 heteroatoms. The van der Waals surface area contributed by atoms with Crippen LogP contribution < -0.4 is 4.74 Å². The summed E-state index contributed by atoms with van der Waals surface area (Å²) < 4.78 is 11.0. The van der Waals surface area contributed by atoms with Gasteiger partial charge in [-0.3, -0.25) is 0 Å². The number of hydrogen-bond acceptors (Lipinski definition) is 4. The van der Waals surface area contributed by atoms with Crippen LogP contribution >= 0.6 is 0 Å². The average Bonchev–Trinajstić information content (AvgIpc) is 2.61. The van der Waals surface area contributed by atoms with Crippen LogP contribution in [0.1, 0.15) is 63.9 Å². The molecule has 0 heterocycles. The van der Waals surface area contributed by atoms with Crippen LogP contribution in [0, 0.1) is 6.92 Å². The first kappa shape index (κ1) is 22.9. The minimum absolute atomic E-state index is 0.188. The third-order valence-electron chi connectivity index (χ3n) is 4.34. The summed E-state index contributed by atoms with van der Waals surface area (Å²) in [6, 6.07) is 8.27. The lowest BCUT2D eigenvalue weighted by Crippen LogP contribution is -2.22. The molecule has 0 fully saturated rings. The van der Waals surface area contributed by atoms with E-state index in [9.17, 15) is 5.11 Å². The Hall–Kier alpha value is -1.10. The van der Waals surface area contributed by atoms with Gasteiger partial charge in [0.15, 0.2) is 0 Å². The van der Waals surface area contributed by atoms with E-state index in [4.69, 9.17) is 14.6 Å². The molecule has 1 radical (unpaired) electrons. The Balaban J connectivity index is 2.06. The van der Waals surface area contributed by atoms with Crippen molar-refractivity contribution < 1.29 is 19.7 Å². The molecule has 2 unspecified atom stereocenters. The molecule has 0 aliphatic heterocycles. The Bertz CT molecular complexity index is 430. The van der Waals surface area contributed by atoms with E-state index in [1.807, 2.05) is 12.1 Å². The van der Waals surface area contributed by atoms with Gasteiger partial charge in [0.2, 0.25) is 0 Å². The molecule has 1 aromatic rings. The van der Waals surface area contributed by atoms with Crippen molar-refractivity contribution in [2.45, 2.75) is 76.9 Å². The second-order valence-electron chi connectivity index (χ2n) is 6.98. The van der Waals surface area contributed by atoms with E-state index < -0.39 is 12.2 Å². The Morgan fingerprint density at radius 3 is 2.23 bits per heavy atom. The van der Waals surface area contributed by atoms with Gasteiger partial charge in [-0.05, 0) is 37.5 Å². The average molecular weight is 366 g/mol. The molecule has 2 N–H and O–H groups in total. The summed E-state index contributed by atoms with van der Waals surface area (Å²) >= 11 is 0. The maximum atomic E-state index is 9.54. The first-order valence-electron chi connectivity index (χ1n) is 10.1. The standard InChI is InChI=1S/C22H37O4/c1-3-4-5-6-7-8-9-10-20-11-13-22(14-12-20)26-16-15-25-18-21(24)17-19(2)23/h11-14,19,21,23-24H,2-10,15-18H2,1H3. The van der Waals surface area contributed by atoms with E-state index in [2.05, 4.69) is 26.0 Å². The third-order valence-corrected chi connectivity index (χ3v) is 4.34. The summed E-state index contributed by atoms with van der Waals surface area (Å²) in [6.45, 7) is 6.71. The van der Waals surface area contributed by atoms with E-state index in [1.165, 1.54) is 50.5 Å². The lowest BCUT2D eigenvalue weighted by atomic mass is 10.0. The molecule has 1 rings (SSSR count). The highest BCUT2D eigenvalue weighted by Gasteiger charge is 2.07. The summed E-state index contributed by atoms with van der Waals surface area (Å²) in [6.07, 6.45) is 9.25. The SMILES string of the molecule is [CH2]C(O)CC(O)COCCOc1ccc(CCCCCCCCC)cc1. The van der Waals surface area contributed by atoms with Crippen LogP contribution in [0.3, 0.4) is 0 Å². The van der Waals surface area contributed by atoms with Gasteiger partial charge in [0.25, 0.3) is 0 Å². The maximum absolute atomic E-state index is 9.54. The summed E-state index contributed by atoms with van der Waals surface area (Å²) in [4.78, 5) is 0. The molecule has 0 saturated carbocycles. The van der Waals surface area contributed by atoms with Gasteiger partial charge in [-0.15, -0.1) is 0 Å². The van der Waals surface area contributed by atoms with E-state index in [1.54, 1.807) is 0 Å². The molecule has 0 aliphatic carbocycles. The van der Waals surface area contributed by atoms with Gasteiger partial charge < -0.3 is 19.7 Å². The summed E-state index contributed by atoms with van der Waals surface area (Å²) in [5.41, 5.74) is 1.36. The van der Waals surface area contributed by atoms with Crippen LogP contribution in [0.5, 0.6) is 5.75 Å². The zero-order valence-electron chi connectivity index (χ0n) is 16.4. The van der Waals surface area contributed by atoms with Crippen molar-refractivity contribution in [2.24, 2.45) is 0 Å². The Morgan fingerprint density at radius 2 is 1.58 bits per heavy atom. The largest absolute Gasteiger partial charge is 0.491 e. The fourth-order valence-corrected chi connectivity index (χ4v) is 2.86. The molecule has 0 amide bonds. The molecular formula is C22H37O4. The molecule has 0 aromatic heterocycles. The Morgan fingerprint density at radius 1 is 0.923 bits per heavy atom. The van der Waals surface area contributed by atoms with Crippen LogP contribution in [-0.4, -0.2) is 42.2 Å². The lowest BCUT2D eigenvalue weighted by Gasteiger charge is -2.13. The van der Waals surface area contributed by atoms with Crippen LogP contribution in [0.4, 0.5) is 0 Å². The van der Waals surface area contributed by atoms with E-state index in [0.717, 1.165) is 12.2 Å². The molecule has 0 saturated heterocycles. The quantitative estimate of drug-likeness (QED) is 0.428. The second kappa shape index (κ2) is 15.0. The van der Waals surface area contributed by atoms with Gasteiger partial charge >= 0.3 is 0 Å². The number of benzene rings is 1. The number of hydrogen-bond donors (Lipinski definition) is 2. The lowest BCUT2D eigenvalue weighted by molar-refractivity contribution is 0.00616. The molecule has 0 spiro atoms. The highest BCUT2D eigenvalue weighted by Crippen LogP contribution is 2.15. The molecule has 4 nitrogen and oxygen atoms in total. The van der Waals surface area contributed by atoms with Gasteiger partial charge in [-0.2, -0.15) is 0 Å². The van der Waals surface area contributed by atoms with E-state index in [0.29, 0.717) is 13.2 Å². The van der Waals surface area contributed by atoms with Crippen LogP contribution in [0.15, 0.2) is 24.3 Å². The highest BCUT2D eigenvalue weighted by molar-refractivity contribution is 5.27. The molecule has 1 aromatic carbocycles. The van der Waals surface area contributed by atoms with Gasteiger partial charge in [0, 0.05) is 6.42 Å². The fraction of sp³-hybridized carbons (Fsp3) is 0.682. The molecule has 149 valence electrons. The van der Waals surface area contributed by atoms with Crippen molar-refractivity contribution in [2.75, 3.05) is 19.8 Å². The van der Waals surface area contributed by atoms with Crippen LogP contribution in [0.25, 0.3) is 0 Å². The summed E-state index contributed by atoms with van der Waals surface area (Å²) in [5, 5.41) is 18.6. The maximum Gasteiger partial charge on any atom is 0.119 e. The smallest absolute Gasteiger partial charge is 0.119 e. The number of aryl methyl sites for hydroxylation is 1. The van der Waals surface area contributed by atoms with Gasteiger partial charge in [-0.25, -0.2) is 0 Å². The minimum Gasteiger partial charge on any atom is -0.491 e. The highest BCUT2D eigenvalue weighted by atomic mass is 16.5. The normalized spacial score (nSPS) is 13.5. The number of aliphatic hydroxyl groups is 2. The van der Waals surface area contributed by atoms with Crippen molar-refractivity contribution in [3.05, 3.63) is 36.8 Å². The Kier molecular flexibility index (Phi) is 13.2. The molecular weight excluding hydrogens is 328 g/mol. The van der Waals surface area contributed by atoms with Crippen molar-refractivity contribution >= 4 is 0 Å². The Labute approximate surface area is 159 Å². The van der Waals surface area contributed by atoms with E-state index in [-0.39, 0.29) is 13.0 Å². The number of ether oxygens (including phenoxy) is 2. The zero-order chi connectivity index (χ0) is 19.0. The molecule has 26 heavy (non-hydrogen) atoms. The number of rotatable bonds is 16. The van der Waals surface area contributed by atoms with Crippen molar-refractivity contribution in [3.8, 4) is 5.75 Å². The van der Waals surface area contributed by atoms with Gasteiger partial charge in [-0.1, -0.05) is 57.6 Å². The van der Waals surface area contributed by atoms with Gasteiger partial charge in [0.1, 0.15) is 12.4 Å². The molecule has 2 atom stereocenters. The van der Waals surface area contributed by atoms with Crippen LogP contribution in [0.2, 0.25) is 0 Å². The van der Waals surface area contributed by atoms with E-state index >= 15 is 0 Å². The minimum atomic E-state index is -0.760. The second-order valence-corrected chi connectivity index (χ2v) is 6.98. The van der Waals surface area contributed by atoms with Crippen molar-refractivity contribution in [1.29, 1.82) is 0 Å². The van der Waals surface area contributed by atoms with Crippen molar-refractivity contribution in [3.63, 3.8) is 0 Å². The number of unbranched alkanes of at least 4 members (excludes halogenated alkanes) is 6. The monoisotopic (exact) mass is 365 g/mol.